The molecule has 14 heteroatoms. The van der Waals surface area contributed by atoms with E-state index in [-0.39, 0.29) is 12.5 Å². The third kappa shape index (κ3) is 4.49. The number of piperidine rings is 1. The number of nitriles is 1. The molecule has 40 heavy (non-hydrogen) atoms. The van der Waals surface area contributed by atoms with E-state index in [4.69, 9.17) is 0 Å². The fraction of sp³-hybridized carbons (Fsp3) is 0.423. The Morgan fingerprint density at radius 2 is 1.95 bits per heavy atom. The minimum Gasteiger partial charge on any atom is -0.374 e. The number of nitrogens with zero attached hydrogens (tertiary/aromatic N) is 8. The molecule has 2 aliphatic rings. The fourth-order valence-corrected chi connectivity index (χ4v) is 5.81. The highest BCUT2D eigenvalue weighted by atomic mass is 19.4. The molecule has 2 aliphatic heterocycles. The van der Waals surface area contributed by atoms with Gasteiger partial charge in [0, 0.05) is 67.3 Å². The third-order valence-corrected chi connectivity index (χ3v) is 7.93. The predicted octanol–water partition coefficient (Wildman–Crippen LogP) is 3.45. The second-order valence-corrected chi connectivity index (χ2v) is 10.3. The van der Waals surface area contributed by atoms with Crippen LogP contribution < -0.4 is 0 Å². The number of fused-ring (bicyclic) bond motifs is 1. The van der Waals surface area contributed by atoms with Crippen molar-refractivity contribution in [3.63, 3.8) is 0 Å². The van der Waals surface area contributed by atoms with E-state index >= 15 is 0 Å². The largest absolute Gasteiger partial charge is 0.436 e. The van der Waals surface area contributed by atoms with E-state index in [1.54, 1.807) is 17.3 Å². The van der Waals surface area contributed by atoms with E-state index in [1.807, 2.05) is 16.9 Å². The maximum Gasteiger partial charge on any atom is 0.436 e. The minimum absolute atomic E-state index is 0.152. The van der Waals surface area contributed by atoms with Crippen LogP contribution in [0.25, 0.3) is 22.3 Å². The van der Waals surface area contributed by atoms with Gasteiger partial charge in [0.05, 0.1) is 24.4 Å². The minimum atomic E-state index is -4.95. The Balaban J connectivity index is 1.12. The first-order valence-electron chi connectivity index (χ1n) is 12.8. The summed E-state index contributed by atoms with van der Waals surface area (Å²) in [7, 11) is 0. The Labute approximate surface area is 225 Å². The molecular weight excluding hydrogens is 530 g/mol. The number of aliphatic hydroxyl groups excluding tert-OH is 1. The van der Waals surface area contributed by atoms with Crippen LogP contribution in [0.15, 0.2) is 43.2 Å². The highest BCUT2D eigenvalue weighted by molar-refractivity contribution is 5.90. The molecule has 6 rings (SSSR count). The maximum atomic E-state index is 14.5. The Hall–Kier alpha value is -3.93. The highest BCUT2D eigenvalue weighted by Crippen LogP contribution is 2.38. The van der Waals surface area contributed by atoms with Gasteiger partial charge in [0.25, 0.3) is 0 Å². The van der Waals surface area contributed by atoms with Crippen LogP contribution in [0, 0.1) is 17.1 Å². The number of nitrogens with one attached hydrogen (secondary N) is 1. The molecule has 0 aliphatic carbocycles. The lowest BCUT2D eigenvalue weighted by molar-refractivity contribution is -0.144. The van der Waals surface area contributed by atoms with Gasteiger partial charge in [-0.1, -0.05) is 0 Å². The molecule has 0 aromatic carbocycles. The summed E-state index contributed by atoms with van der Waals surface area (Å²) in [6.07, 6.45) is 2.88. The van der Waals surface area contributed by atoms with Crippen molar-refractivity contribution in [2.75, 3.05) is 26.2 Å². The van der Waals surface area contributed by atoms with Crippen LogP contribution in [0.4, 0.5) is 17.6 Å². The van der Waals surface area contributed by atoms with Crippen LogP contribution >= 0.6 is 0 Å². The van der Waals surface area contributed by atoms with E-state index in [1.165, 1.54) is 6.33 Å². The van der Waals surface area contributed by atoms with E-state index in [0.717, 1.165) is 34.6 Å². The molecule has 208 valence electrons. The van der Waals surface area contributed by atoms with E-state index in [0.29, 0.717) is 39.0 Å². The molecule has 0 radical (unpaired) electrons. The summed E-state index contributed by atoms with van der Waals surface area (Å²) in [5, 5.41) is 25.7. The molecule has 6 heterocycles. The molecule has 4 aromatic heterocycles. The number of halogens is 4. The van der Waals surface area contributed by atoms with Crippen LogP contribution in [0.5, 0.6) is 0 Å². The van der Waals surface area contributed by atoms with Gasteiger partial charge in [-0.05, 0) is 25.0 Å². The molecule has 2 N–H and O–H groups in total. The standard InChI is InChI=1S/C26H25F4N9O/c27-20-18(1-7-32-22(20)26(28,29)30)24(40)37-9-3-17(4-10-37)38-13-25(14-38,5-6-31)39-12-16(11-36-39)21-19-2-8-33-23(19)35-15-34-21/h1-2,7-8,11-12,15,17,24,40H,3-5,9-10,13-14H2,(H,33,34,35). The van der Waals surface area contributed by atoms with Gasteiger partial charge in [-0.25, -0.2) is 19.3 Å². The van der Waals surface area contributed by atoms with Crippen molar-refractivity contribution >= 4 is 11.0 Å². The predicted molar refractivity (Wildman–Crippen MR) is 134 cm³/mol. The summed E-state index contributed by atoms with van der Waals surface area (Å²) in [5.74, 6) is -1.55. The summed E-state index contributed by atoms with van der Waals surface area (Å²) in [6.45, 7) is 1.96. The number of aromatic nitrogens is 6. The molecule has 0 bridgehead atoms. The Morgan fingerprint density at radius 1 is 1.18 bits per heavy atom. The molecule has 1 unspecified atom stereocenters. The number of alkyl halides is 3. The summed E-state index contributed by atoms with van der Waals surface area (Å²) in [4.78, 5) is 18.6. The quantitative estimate of drug-likeness (QED) is 0.347. The lowest BCUT2D eigenvalue weighted by Gasteiger charge is -2.54. The third-order valence-electron chi connectivity index (χ3n) is 7.93. The second kappa shape index (κ2) is 9.92. The van der Waals surface area contributed by atoms with Crippen LogP contribution in [-0.4, -0.2) is 76.8 Å². The molecule has 0 amide bonds. The van der Waals surface area contributed by atoms with Gasteiger partial charge in [0.15, 0.2) is 11.5 Å². The van der Waals surface area contributed by atoms with Crippen molar-refractivity contribution in [3.8, 4) is 17.3 Å². The van der Waals surface area contributed by atoms with Gasteiger partial charge in [-0.3, -0.25) is 14.5 Å². The van der Waals surface area contributed by atoms with Gasteiger partial charge in [0.1, 0.15) is 23.7 Å². The first kappa shape index (κ1) is 26.3. The number of hydrogen-bond donors (Lipinski definition) is 2. The molecule has 2 fully saturated rings. The maximum absolute atomic E-state index is 14.5. The number of aromatic amines is 1. The lowest BCUT2D eigenvalue weighted by atomic mass is 9.83. The van der Waals surface area contributed by atoms with Crippen molar-refractivity contribution in [1.82, 2.24) is 39.5 Å². The first-order chi connectivity index (χ1) is 19.2. The van der Waals surface area contributed by atoms with Crippen molar-refractivity contribution < 1.29 is 22.7 Å². The van der Waals surface area contributed by atoms with Crippen LogP contribution in [-0.2, 0) is 11.7 Å². The van der Waals surface area contributed by atoms with Gasteiger partial charge in [-0.15, -0.1) is 0 Å². The Morgan fingerprint density at radius 3 is 2.67 bits per heavy atom. The van der Waals surface area contributed by atoms with Crippen molar-refractivity contribution in [3.05, 3.63) is 60.3 Å². The molecule has 4 aromatic rings. The summed E-state index contributed by atoms with van der Waals surface area (Å²) >= 11 is 0. The fourth-order valence-electron chi connectivity index (χ4n) is 5.81. The van der Waals surface area contributed by atoms with E-state index in [2.05, 4.69) is 36.0 Å². The number of aliphatic hydroxyl groups is 1. The summed E-state index contributed by atoms with van der Waals surface area (Å²) < 4.78 is 55.5. The van der Waals surface area contributed by atoms with Gasteiger partial charge in [0.2, 0.25) is 0 Å². The smallest absolute Gasteiger partial charge is 0.374 e. The summed E-state index contributed by atoms with van der Waals surface area (Å²) in [5.41, 5.74) is -0.271. The monoisotopic (exact) mass is 555 g/mol. The molecular formula is C26H25F4N9O. The number of pyridine rings is 1. The van der Waals surface area contributed by atoms with E-state index < -0.39 is 35.0 Å². The summed E-state index contributed by atoms with van der Waals surface area (Å²) in [6, 6.07) is 5.42. The van der Waals surface area contributed by atoms with Gasteiger partial charge < -0.3 is 10.1 Å². The van der Waals surface area contributed by atoms with Crippen LogP contribution in [0.2, 0.25) is 0 Å². The zero-order valence-electron chi connectivity index (χ0n) is 21.2. The molecule has 2 saturated heterocycles. The topological polar surface area (TPSA) is 123 Å². The van der Waals surface area contributed by atoms with Crippen LogP contribution in [0.3, 0.4) is 0 Å². The van der Waals surface area contributed by atoms with Crippen molar-refractivity contribution in [2.45, 2.75) is 43.2 Å². The second-order valence-electron chi connectivity index (χ2n) is 10.3. The lowest BCUT2D eigenvalue weighted by Crippen LogP contribution is -2.66. The number of H-pyrrole nitrogens is 1. The number of likely N-dealkylation sites (tertiary alicyclic amines) is 2. The number of rotatable bonds is 6. The molecule has 0 spiro atoms. The molecule has 10 nitrogen and oxygen atoms in total. The zero-order chi connectivity index (χ0) is 28.1. The van der Waals surface area contributed by atoms with Gasteiger partial charge in [-0.2, -0.15) is 23.5 Å². The SMILES string of the molecule is N#CCC1(n2cc(-c3ncnc4[nH]ccc34)cn2)CN(C2CCN(C(O)c3ccnc(C(F)(F)F)c3F)CC2)C1. The average Bonchev–Trinajstić information content (AvgIpc) is 3.60. The molecule has 1 atom stereocenters. The van der Waals surface area contributed by atoms with Gasteiger partial charge >= 0.3 is 6.18 Å². The normalized spacial score (nSPS) is 19.4. The Bertz CT molecular complexity index is 1560. The van der Waals surface area contributed by atoms with E-state index in [9.17, 15) is 27.9 Å². The van der Waals surface area contributed by atoms with Crippen molar-refractivity contribution in [2.24, 2.45) is 0 Å². The Kier molecular flexibility index (Phi) is 6.52. The molecule has 0 saturated carbocycles. The average molecular weight is 556 g/mol. The van der Waals surface area contributed by atoms with Crippen LogP contribution in [0.1, 0.15) is 36.7 Å². The number of hydrogen-bond acceptors (Lipinski definition) is 8. The zero-order valence-corrected chi connectivity index (χ0v) is 21.2. The highest BCUT2D eigenvalue weighted by Gasteiger charge is 2.48. The van der Waals surface area contributed by atoms with Crippen molar-refractivity contribution in [1.29, 1.82) is 5.26 Å². The first-order valence-corrected chi connectivity index (χ1v) is 12.8.